The number of aromatic nitrogens is 2. The van der Waals surface area contributed by atoms with Crippen molar-refractivity contribution < 1.29 is 9.53 Å². The minimum Gasteiger partial charge on any atom is -0.444 e. The third kappa shape index (κ3) is 2.98. The van der Waals surface area contributed by atoms with Gasteiger partial charge in [0, 0.05) is 19.3 Å². The normalized spacial score (nSPS) is 16.6. The first kappa shape index (κ1) is 13.7. The molecule has 1 aromatic rings. The summed E-state index contributed by atoms with van der Waals surface area (Å²) in [6, 6.07) is 0.168. The van der Waals surface area contributed by atoms with Crippen molar-refractivity contribution in [2.75, 3.05) is 13.1 Å². The van der Waals surface area contributed by atoms with Crippen molar-refractivity contribution >= 4 is 33.6 Å². The van der Waals surface area contributed by atoms with E-state index in [0.29, 0.717) is 18.2 Å². The molecule has 0 radical (unpaired) electrons. The molecule has 0 unspecified atom stereocenters. The van der Waals surface area contributed by atoms with Crippen LogP contribution >= 0.6 is 27.5 Å². The molecule has 2 heterocycles. The summed E-state index contributed by atoms with van der Waals surface area (Å²) in [5, 5.41) is 4.59. The van der Waals surface area contributed by atoms with Crippen LogP contribution in [0, 0.1) is 0 Å². The molecule has 0 saturated carbocycles. The number of likely N-dealkylation sites (tertiary alicyclic amines) is 1. The first-order valence-electron chi connectivity index (χ1n) is 5.64. The predicted molar refractivity (Wildman–Crippen MR) is 71.8 cm³/mol. The van der Waals surface area contributed by atoms with Crippen LogP contribution < -0.4 is 0 Å². The van der Waals surface area contributed by atoms with Gasteiger partial charge in [-0.2, -0.15) is 5.10 Å². The zero-order valence-electron chi connectivity index (χ0n) is 10.5. The second-order valence-corrected chi connectivity index (χ2v) is 6.50. The van der Waals surface area contributed by atoms with Gasteiger partial charge in [0.2, 0.25) is 0 Å². The van der Waals surface area contributed by atoms with Crippen molar-refractivity contribution in [1.82, 2.24) is 14.7 Å². The lowest BCUT2D eigenvalue weighted by Crippen LogP contribution is -2.52. The van der Waals surface area contributed by atoms with Gasteiger partial charge >= 0.3 is 6.09 Å². The van der Waals surface area contributed by atoms with Crippen molar-refractivity contribution in [2.24, 2.45) is 0 Å². The smallest absolute Gasteiger partial charge is 0.410 e. The quantitative estimate of drug-likeness (QED) is 0.792. The molecule has 100 valence electrons. The molecule has 1 fully saturated rings. The second-order valence-electron chi connectivity index (χ2n) is 5.29. The minimum atomic E-state index is -0.458. The van der Waals surface area contributed by atoms with Gasteiger partial charge in [-0.15, -0.1) is 0 Å². The summed E-state index contributed by atoms with van der Waals surface area (Å²) in [5.41, 5.74) is -0.458. The summed E-state index contributed by atoms with van der Waals surface area (Å²) in [6.07, 6.45) is 1.54. The highest BCUT2D eigenvalue weighted by Gasteiger charge is 2.35. The van der Waals surface area contributed by atoms with E-state index in [4.69, 9.17) is 16.3 Å². The fraction of sp³-hybridized carbons (Fsp3) is 0.636. The van der Waals surface area contributed by atoms with Crippen molar-refractivity contribution in [3.63, 3.8) is 0 Å². The highest BCUT2D eigenvalue weighted by Crippen LogP contribution is 2.27. The largest absolute Gasteiger partial charge is 0.444 e. The Hall–Kier alpha value is -0.750. The molecule has 0 N–H and O–H groups in total. The van der Waals surface area contributed by atoms with Crippen LogP contribution in [-0.2, 0) is 4.74 Å². The first-order valence-corrected chi connectivity index (χ1v) is 6.81. The number of rotatable bonds is 1. The third-order valence-electron chi connectivity index (χ3n) is 2.53. The Bertz CT molecular complexity index is 444. The topological polar surface area (TPSA) is 47.4 Å². The molecule has 0 aliphatic carbocycles. The van der Waals surface area contributed by atoms with E-state index in [1.165, 1.54) is 0 Å². The SMILES string of the molecule is CC(C)(C)OC(=O)N1CC(n2cc(Br)c(Cl)n2)C1. The Kier molecular flexibility index (Phi) is 3.60. The molecule has 0 aromatic carbocycles. The zero-order valence-corrected chi connectivity index (χ0v) is 12.8. The second kappa shape index (κ2) is 4.74. The van der Waals surface area contributed by atoms with Crippen LogP contribution in [0.15, 0.2) is 10.7 Å². The highest BCUT2D eigenvalue weighted by molar-refractivity contribution is 9.10. The van der Waals surface area contributed by atoms with E-state index in [1.807, 2.05) is 27.0 Å². The molecule has 5 nitrogen and oxygen atoms in total. The van der Waals surface area contributed by atoms with Gasteiger partial charge in [0.1, 0.15) is 5.60 Å². The zero-order chi connectivity index (χ0) is 13.5. The minimum absolute atomic E-state index is 0.168. The van der Waals surface area contributed by atoms with Crippen LogP contribution in [0.3, 0.4) is 0 Å². The van der Waals surface area contributed by atoms with Crippen LogP contribution in [0.2, 0.25) is 5.15 Å². The maximum atomic E-state index is 11.7. The molecule has 1 amide bonds. The standard InChI is InChI=1S/C11H15BrClN3O2/c1-11(2,3)18-10(17)15-4-7(5-15)16-6-8(12)9(13)14-16/h6-7H,4-5H2,1-3H3. The maximum absolute atomic E-state index is 11.7. The van der Waals surface area contributed by atoms with Crippen molar-refractivity contribution in [2.45, 2.75) is 32.4 Å². The molecular formula is C11H15BrClN3O2. The fourth-order valence-corrected chi connectivity index (χ4v) is 2.06. The predicted octanol–water partition coefficient (Wildman–Crippen LogP) is 3.09. The van der Waals surface area contributed by atoms with Gasteiger partial charge < -0.3 is 9.64 Å². The van der Waals surface area contributed by atoms with E-state index < -0.39 is 5.60 Å². The number of nitrogens with zero attached hydrogens (tertiary/aromatic N) is 3. The Morgan fingerprint density at radius 3 is 2.61 bits per heavy atom. The number of halogens is 2. The van der Waals surface area contributed by atoms with Crippen molar-refractivity contribution in [1.29, 1.82) is 0 Å². The lowest BCUT2D eigenvalue weighted by Gasteiger charge is -2.39. The Morgan fingerprint density at radius 1 is 1.56 bits per heavy atom. The number of hydrogen-bond donors (Lipinski definition) is 0. The number of hydrogen-bond acceptors (Lipinski definition) is 3. The Balaban J connectivity index is 1.89. The molecule has 0 spiro atoms. The molecule has 1 aliphatic rings. The fourth-order valence-electron chi connectivity index (χ4n) is 1.63. The molecule has 0 atom stereocenters. The monoisotopic (exact) mass is 335 g/mol. The van der Waals surface area contributed by atoms with Crippen LogP contribution in [0.1, 0.15) is 26.8 Å². The van der Waals surface area contributed by atoms with Crippen molar-refractivity contribution in [3.05, 3.63) is 15.8 Å². The van der Waals surface area contributed by atoms with E-state index in [9.17, 15) is 4.79 Å². The van der Waals surface area contributed by atoms with Crippen LogP contribution in [0.4, 0.5) is 4.79 Å². The van der Waals surface area contributed by atoms with Gasteiger partial charge in [-0.3, -0.25) is 4.68 Å². The summed E-state index contributed by atoms with van der Waals surface area (Å²) in [4.78, 5) is 13.4. The molecule has 7 heteroatoms. The lowest BCUT2D eigenvalue weighted by atomic mass is 10.1. The van der Waals surface area contributed by atoms with Gasteiger partial charge in [-0.05, 0) is 36.7 Å². The summed E-state index contributed by atoms with van der Waals surface area (Å²) in [6.45, 7) is 6.75. The molecular weight excluding hydrogens is 321 g/mol. The molecule has 1 aromatic heterocycles. The lowest BCUT2D eigenvalue weighted by molar-refractivity contribution is -0.000385. The Morgan fingerprint density at radius 2 is 2.17 bits per heavy atom. The van der Waals surface area contributed by atoms with E-state index in [2.05, 4.69) is 21.0 Å². The van der Waals surface area contributed by atoms with E-state index in [-0.39, 0.29) is 12.1 Å². The van der Waals surface area contributed by atoms with Gasteiger partial charge in [0.25, 0.3) is 0 Å². The Labute approximate surface area is 119 Å². The summed E-state index contributed by atoms with van der Waals surface area (Å²) in [7, 11) is 0. The third-order valence-corrected chi connectivity index (χ3v) is 3.62. The van der Waals surface area contributed by atoms with Crippen molar-refractivity contribution in [3.8, 4) is 0 Å². The average Bonchev–Trinajstić information content (AvgIpc) is 2.40. The number of carbonyl (C=O) groups excluding carboxylic acids is 1. The van der Waals surface area contributed by atoms with E-state index in [1.54, 1.807) is 9.58 Å². The molecule has 2 rings (SSSR count). The van der Waals surface area contributed by atoms with Crippen LogP contribution in [0.25, 0.3) is 0 Å². The molecule has 1 aliphatic heterocycles. The van der Waals surface area contributed by atoms with Crippen LogP contribution in [-0.4, -0.2) is 39.5 Å². The highest BCUT2D eigenvalue weighted by atomic mass is 79.9. The maximum Gasteiger partial charge on any atom is 0.410 e. The molecule has 18 heavy (non-hydrogen) atoms. The summed E-state index contributed by atoms with van der Waals surface area (Å²) < 4.78 is 7.81. The number of carbonyl (C=O) groups is 1. The van der Waals surface area contributed by atoms with Gasteiger partial charge in [0.15, 0.2) is 5.15 Å². The average molecular weight is 337 g/mol. The van der Waals surface area contributed by atoms with Gasteiger partial charge in [-0.1, -0.05) is 11.6 Å². The summed E-state index contributed by atoms with van der Waals surface area (Å²) >= 11 is 9.16. The first-order chi connectivity index (χ1) is 8.26. The molecule has 1 saturated heterocycles. The number of amides is 1. The van der Waals surface area contributed by atoms with Gasteiger partial charge in [-0.25, -0.2) is 4.79 Å². The van der Waals surface area contributed by atoms with Crippen LogP contribution in [0.5, 0.6) is 0 Å². The number of ether oxygens (including phenoxy) is 1. The molecule has 0 bridgehead atoms. The van der Waals surface area contributed by atoms with Gasteiger partial charge in [0.05, 0.1) is 10.5 Å². The summed E-state index contributed by atoms with van der Waals surface area (Å²) in [5.74, 6) is 0. The van der Waals surface area contributed by atoms with E-state index in [0.717, 1.165) is 4.47 Å². The van der Waals surface area contributed by atoms with E-state index >= 15 is 0 Å².